The number of nitrogens with zero attached hydrogens (tertiary/aromatic N) is 1. The Bertz CT molecular complexity index is 652. The second-order valence-corrected chi connectivity index (χ2v) is 5.44. The summed E-state index contributed by atoms with van der Waals surface area (Å²) in [6.45, 7) is 2.10. The summed E-state index contributed by atoms with van der Waals surface area (Å²) in [6, 6.07) is 16.1. The van der Waals surface area contributed by atoms with E-state index in [1.54, 1.807) is 19.1 Å². The fourth-order valence-corrected chi connectivity index (χ4v) is 2.49. The van der Waals surface area contributed by atoms with Crippen molar-refractivity contribution < 1.29 is 14.3 Å². The van der Waals surface area contributed by atoms with Gasteiger partial charge in [-0.3, -0.25) is 4.79 Å². The Morgan fingerprint density at radius 1 is 1.09 bits per heavy atom. The van der Waals surface area contributed by atoms with E-state index in [2.05, 4.69) is 12.1 Å². The van der Waals surface area contributed by atoms with E-state index in [0.29, 0.717) is 0 Å². The molecule has 2 aromatic rings. The largest absolute Gasteiger partial charge is 0.496 e. The molecule has 0 aliphatic carbocycles. The topological polar surface area (TPSA) is 38.8 Å². The third kappa shape index (κ3) is 3.90. The van der Waals surface area contributed by atoms with Crippen molar-refractivity contribution in [2.24, 2.45) is 0 Å². The maximum atomic E-state index is 11.9. The summed E-state index contributed by atoms with van der Waals surface area (Å²) in [6.07, 6.45) is 0. The molecule has 0 aliphatic rings. The molecule has 23 heavy (non-hydrogen) atoms. The molecule has 2 rings (SSSR count). The molecule has 0 radical (unpaired) electrons. The number of benzene rings is 2. The predicted molar refractivity (Wildman–Crippen MR) is 91.5 cm³/mol. The standard InChI is InChI=1S/C19H23NO3/c1-14(20(2)19(21)13-22-3)15-9-11-16(12-10-15)17-7-5-6-8-18(17)23-4/h5-12,14H,13H2,1-4H3/t14-/m0/s1. The van der Waals surface area contributed by atoms with Crippen molar-refractivity contribution in [2.75, 3.05) is 27.9 Å². The van der Waals surface area contributed by atoms with Gasteiger partial charge >= 0.3 is 0 Å². The first-order chi connectivity index (χ1) is 11.1. The number of ether oxygens (including phenoxy) is 2. The highest BCUT2D eigenvalue weighted by atomic mass is 16.5. The van der Waals surface area contributed by atoms with Gasteiger partial charge in [0.05, 0.1) is 13.2 Å². The van der Waals surface area contributed by atoms with E-state index in [1.165, 1.54) is 7.11 Å². The molecule has 4 heteroatoms. The van der Waals surface area contributed by atoms with Crippen LogP contribution in [0, 0.1) is 0 Å². The number of amides is 1. The molecule has 0 fully saturated rings. The first kappa shape index (κ1) is 17.0. The quantitative estimate of drug-likeness (QED) is 0.819. The van der Waals surface area contributed by atoms with Gasteiger partial charge in [-0.05, 0) is 24.1 Å². The second kappa shape index (κ2) is 7.79. The number of carbonyl (C=O) groups excluding carboxylic acids is 1. The molecular weight excluding hydrogens is 290 g/mol. The molecule has 0 spiro atoms. The van der Waals surface area contributed by atoms with Gasteiger partial charge in [0.2, 0.25) is 5.91 Å². The molecular formula is C19H23NO3. The maximum Gasteiger partial charge on any atom is 0.248 e. The average Bonchev–Trinajstić information content (AvgIpc) is 2.60. The summed E-state index contributed by atoms with van der Waals surface area (Å²) in [5.74, 6) is 0.814. The van der Waals surface area contributed by atoms with E-state index >= 15 is 0 Å². The molecule has 122 valence electrons. The van der Waals surface area contributed by atoms with Crippen LogP contribution >= 0.6 is 0 Å². The molecule has 1 atom stereocenters. The van der Waals surface area contributed by atoms with Gasteiger partial charge in [0, 0.05) is 19.7 Å². The van der Waals surface area contributed by atoms with Crippen LogP contribution in [-0.4, -0.2) is 38.7 Å². The lowest BCUT2D eigenvalue weighted by atomic mass is 10.00. The number of carbonyl (C=O) groups is 1. The molecule has 0 bridgehead atoms. The molecule has 0 unspecified atom stereocenters. The number of methoxy groups -OCH3 is 2. The molecule has 0 N–H and O–H groups in total. The van der Waals surface area contributed by atoms with Gasteiger partial charge in [-0.15, -0.1) is 0 Å². The first-order valence-electron chi connectivity index (χ1n) is 7.56. The van der Waals surface area contributed by atoms with Crippen molar-refractivity contribution in [1.29, 1.82) is 0 Å². The van der Waals surface area contributed by atoms with Crippen molar-refractivity contribution >= 4 is 5.91 Å². The van der Waals surface area contributed by atoms with Crippen molar-refractivity contribution in [1.82, 2.24) is 4.90 Å². The van der Waals surface area contributed by atoms with Crippen molar-refractivity contribution in [3.8, 4) is 16.9 Å². The smallest absolute Gasteiger partial charge is 0.248 e. The van der Waals surface area contributed by atoms with Crippen LogP contribution in [0.1, 0.15) is 18.5 Å². The first-order valence-corrected chi connectivity index (χ1v) is 7.56. The highest BCUT2D eigenvalue weighted by molar-refractivity contribution is 5.77. The fraction of sp³-hybridized carbons (Fsp3) is 0.316. The van der Waals surface area contributed by atoms with Crippen LogP contribution in [0.5, 0.6) is 5.75 Å². The van der Waals surface area contributed by atoms with E-state index in [-0.39, 0.29) is 18.6 Å². The highest BCUT2D eigenvalue weighted by Gasteiger charge is 2.17. The Hall–Kier alpha value is -2.33. The molecule has 1 amide bonds. The van der Waals surface area contributed by atoms with Gasteiger partial charge in [0.15, 0.2) is 0 Å². The van der Waals surface area contributed by atoms with Crippen LogP contribution in [0.15, 0.2) is 48.5 Å². The van der Waals surface area contributed by atoms with Crippen molar-refractivity contribution in [2.45, 2.75) is 13.0 Å². The van der Waals surface area contributed by atoms with Gasteiger partial charge in [0.25, 0.3) is 0 Å². The normalized spacial score (nSPS) is 11.8. The van der Waals surface area contributed by atoms with Crippen molar-refractivity contribution in [3.63, 3.8) is 0 Å². The molecule has 0 aliphatic heterocycles. The third-order valence-electron chi connectivity index (χ3n) is 4.05. The second-order valence-electron chi connectivity index (χ2n) is 5.44. The minimum Gasteiger partial charge on any atom is -0.496 e. The Morgan fingerprint density at radius 3 is 2.35 bits per heavy atom. The number of hydrogen-bond acceptors (Lipinski definition) is 3. The van der Waals surface area contributed by atoms with Gasteiger partial charge in [-0.1, -0.05) is 42.5 Å². The summed E-state index contributed by atoms with van der Waals surface area (Å²) in [7, 11) is 4.99. The van der Waals surface area contributed by atoms with Crippen LogP contribution < -0.4 is 4.74 Å². The highest BCUT2D eigenvalue weighted by Crippen LogP contribution is 2.30. The van der Waals surface area contributed by atoms with E-state index in [9.17, 15) is 4.79 Å². The number of hydrogen-bond donors (Lipinski definition) is 0. The van der Waals surface area contributed by atoms with E-state index in [0.717, 1.165) is 22.4 Å². The number of para-hydroxylation sites is 1. The van der Waals surface area contributed by atoms with Crippen LogP contribution in [-0.2, 0) is 9.53 Å². The molecule has 0 aromatic heterocycles. The monoisotopic (exact) mass is 313 g/mol. The van der Waals surface area contributed by atoms with E-state index < -0.39 is 0 Å². The van der Waals surface area contributed by atoms with Gasteiger partial charge in [-0.2, -0.15) is 0 Å². The lowest BCUT2D eigenvalue weighted by molar-refractivity contribution is -0.135. The van der Waals surface area contributed by atoms with Gasteiger partial charge < -0.3 is 14.4 Å². The maximum absolute atomic E-state index is 11.9. The zero-order valence-corrected chi connectivity index (χ0v) is 14.1. The Kier molecular flexibility index (Phi) is 5.77. The van der Waals surface area contributed by atoms with Crippen molar-refractivity contribution in [3.05, 3.63) is 54.1 Å². The zero-order valence-electron chi connectivity index (χ0n) is 14.1. The SMILES string of the molecule is COCC(=O)N(C)[C@@H](C)c1ccc(-c2ccccc2OC)cc1. The molecule has 2 aromatic carbocycles. The lowest BCUT2D eigenvalue weighted by Crippen LogP contribution is -2.32. The van der Waals surface area contributed by atoms with Crippen LogP contribution in [0.3, 0.4) is 0 Å². The minimum atomic E-state index is -0.0335. The Morgan fingerprint density at radius 2 is 1.74 bits per heavy atom. The molecule has 0 saturated carbocycles. The van der Waals surface area contributed by atoms with Crippen LogP contribution in [0.25, 0.3) is 11.1 Å². The molecule has 0 saturated heterocycles. The third-order valence-corrected chi connectivity index (χ3v) is 4.05. The predicted octanol–water partition coefficient (Wildman–Crippen LogP) is 3.53. The van der Waals surface area contributed by atoms with Gasteiger partial charge in [-0.25, -0.2) is 0 Å². The summed E-state index contributed by atoms with van der Waals surface area (Å²) in [5, 5.41) is 0. The Labute approximate surface area is 137 Å². The summed E-state index contributed by atoms with van der Waals surface area (Å²) >= 11 is 0. The van der Waals surface area contributed by atoms with Gasteiger partial charge in [0.1, 0.15) is 12.4 Å². The van der Waals surface area contributed by atoms with Crippen LogP contribution in [0.2, 0.25) is 0 Å². The number of likely N-dealkylation sites (N-methyl/N-ethyl adjacent to an activating group) is 1. The summed E-state index contributed by atoms with van der Waals surface area (Å²) in [4.78, 5) is 13.6. The Balaban J connectivity index is 2.20. The average molecular weight is 313 g/mol. The van der Waals surface area contributed by atoms with E-state index in [1.807, 2.05) is 43.3 Å². The zero-order chi connectivity index (χ0) is 16.8. The van der Waals surface area contributed by atoms with Crippen LogP contribution in [0.4, 0.5) is 0 Å². The molecule has 0 heterocycles. The lowest BCUT2D eigenvalue weighted by Gasteiger charge is -2.25. The fourth-order valence-electron chi connectivity index (χ4n) is 2.49. The summed E-state index contributed by atoms with van der Waals surface area (Å²) in [5.41, 5.74) is 3.22. The summed E-state index contributed by atoms with van der Waals surface area (Å²) < 4.78 is 10.3. The minimum absolute atomic E-state index is 0.00984. The molecule has 4 nitrogen and oxygen atoms in total. The number of rotatable bonds is 6. The van der Waals surface area contributed by atoms with E-state index in [4.69, 9.17) is 9.47 Å².